The molecule has 53 heavy (non-hydrogen) atoms. The average molecular weight is 674 g/mol. The van der Waals surface area contributed by atoms with Crippen molar-refractivity contribution in [3.63, 3.8) is 0 Å². The van der Waals surface area contributed by atoms with Gasteiger partial charge in [-0.1, -0.05) is 140 Å². The standard InChI is InChI=1S/C50H31N3/c51-32-33-28-37(30-38(29-33)47-31-36-12-4-5-15-40(36)43-16-8-9-19-46(43)47)42-27-26-41(44-17-6-7-18-45(42)44)34-22-24-35(25-23-34)50-52-48-20-10-11-21-49(48)53(50)39-13-2-1-3-14-39/h1-31H. The summed E-state index contributed by atoms with van der Waals surface area (Å²) >= 11 is 0. The lowest BCUT2D eigenvalue weighted by Gasteiger charge is -2.15. The number of rotatable bonds is 5. The van der Waals surface area contributed by atoms with E-state index in [-0.39, 0.29) is 0 Å². The van der Waals surface area contributed by atoms with Crippen molar-refractivity contribution < 1.29 is 0 Å². The molecule has 1 heterocycles. The second-order valence-corrected chi connectivity index (χ2v) is 13.5. The normalized spacial score (nSPS) is 11.4. The first-order valence-electron chi connectivity index (χ1n) is 17.9. The lowest BCUT2D eigenvalue weighted by molar-refractivity contribution is 1.10. The van der Waals surface area contributed by atoms with Crippen LogP contribution in [0.3, 0.4) is 0 Å². The number of imidazole rings is 1. The van der Waals surface area contributed by atoms with Gasteiger partial charge in [-0.15, -0.1) is 0 Å². The Labute approximate surface area is 307 Å². The summed E-state index contributed by atoms with van der Waals surface area (Å²) in [5.41, 5.74) is 11.4. The lowest BCUT2D eigenvalue weighted by Crippen LogP contribution is -1.97. The van der Waals surface area contributed by atoms with Crippen LogP contribution in [0, 0.1) is 11.3 Å². The smallest absolute Gasteiger partial charge is 0.145 e. The Morgan fingerprint density at radius 3 is 1.68 bits per heavy atom. The van der Waals surface area contributed by atoms with E-state index in [9.17, 15) is 5.26 Å². The van der Waals surface area contributed by atoms with Gasteiger partial charge in [0.05, 0.1) is 22.7 Å². The molecule has 246 valence electrons. The average Bonchev–Trinajstić information content (AvgIpc) is 3.63. The summed E-state index contributed by atoms with van der Waals surface area (Å²) in [7, 11) is 0. The van der Waals surface area contributed by atoms with Gasteiger partial charge in [-0.05, 0) is 114 Å². The molecule has 0 aliphatic rings. The van der Waals surface area contributed by atoms with Crippen LogP contribution >= 0.6 is 0 Å². The Bertz CT molecular complexity index is 3060. The van der Waals surface area contributed by atoms with E-state index in [0.717, 1.165) is 72.3 Å². The van der Waals surface area contributed by atoms with E-state index in [2.05, 4.69) is 174 Å². The van der Waals surface area contributed by atoms with E-state index in [1.165, 1.54) is 21.5 Å². The highest BCUT2D eigenvalue weighted by atomic mass is 15.1. The molecule has 10 rings (SSSR count). The van der Waals surface area contributed by atoms with E-state index in [4.69, 9.17) is 4.98 Å². The molecule has 0 saturated carbocycles. The van der Waals surface area contributed by atoms with E-state index >= 15 is 0 Å². The minimum Gasteiger partial charge on any atom is -0.292 e. The highest BCUT2D eigenvalue weighted by Gasteiger charge is 2.17. The summed E-state index contributed by atoms with van der Waals surface area (Å²) in [5, 5.41) is 17.3. The topological polar surface area (TPSA) is 41.6 Å². The number of aromatic nitrogens is 2. The van der Waals surface area contributed by atoms with E-state index < -0.39 is 0 Å². The molecule has 0 spiro atoms. The molecule has 0 N–H and O–H groups in total. The molecule has 0 amide bonds. The SMILES string of the molecule is N#Cc1cc(-c2ccc(-c3ccc(-c4nc5ccccc5n4-c4ccccc4)cc3)c3ccccc23)cc(-c2cc3ccccc3c3ccccc23)c1. The zero-order valence-electron chi connectivity index (χ0n) is 28.7. The maximum atomic E-state index is 10.2. The fourth-order valence-corrected chi connectivity index (χ4v) is 7.96. The van der Waals surface area contributed by atoms with Gasteiger partial charge < -0.3 is 0 Å². The number of hydrogen-bond donors (Lipinski definition) is 0. The quantitative estimate of drug-likeness (QED) is 0.171. The highest BCUT2D eigenvalue weighted by Crippen LogP contribution is 2.41. The Hall–Kier alpha value is -7.28. The van der Waals surface area contributed by atoms with Gasteiger partial charge in [0.1, 0.15) is 5.82 Å². The maximum absolute atomic E-state index is 10.2. The van der Waals surface area contributed by atoms with Crippen molar-refractivity contribution in [2.75, 3.05) is 0 Å². The van der Waals surface area contributed by atoms with Crippen molar-refractivity contribution in [2.24, 2.45) is 0 Å². The molecule has 0 aliphatic heterocycles. The number of hydrogen-bond acceptors (Lipinski definition) is 2. The van der Waals surface area contributed by atoms with Crippen molar-refractivity contribution in [2.45, 2.75) is 0 Å². The first kappa shape index (κ1) is 30.5. The van der Waals surface area contributed by atoms with Gasteiger partial charge in [-0.2, -0.15) is 5.26 Å². The van der Waals surface area contributed by atoms with Crippen LogP contribution < -0.4 is 0 Å². The third-order valence-electron chi connectivity index (χ3n) is 10.4. The molecule has 0 atom stereocenters. The van der Waals surface area contributed by atoms with Crippen LogP contribution in [0.2, 0.25) is 0 Å². The van der Waals surface area contributed by atoms with Crippen LogP contribution in [0.1, 0.15) is 5.56 Å². The molecule has 3 heteroatoms. The second-order valence-electron chi connectivity index (χ2n) is 13.5. The molecule has 0 unspecified atom stereocenters. The Kier molecular flexibility index (Phi) is 7.20. The summed E-state index contributed by atoms with van der Waals surface area (Å²) in [6.45, 7) is 0. The van der Waals surface area contributed by atoms with E-state index in [0.29, 0.717) is 5.56 Å². The van der Waals surface area contributed by atoms with Crippen molar-refractivity contribution >= 4 is 43.4 Å². The molecule has 0 aliphatic carbocycles. The Morgan fingerprint density at radius 1 is 0.415 bits per heavy atom. The molecule has 10 aromatic rings. The van der Waals surface area contributed by atoms with Gasteiger partial charge in [-0.3, -0.25) is 4.57 Å². The zero-order valence-corrected chi connectivity index (χ0v) is 28.7. The van der Waals surface area contributed by atoms with Crippen molar-refractivity contribution in [3.05, 3.63) is 194 Å². The molecule has 0 saturated heterocycles. The van der Waals surface area contributed by atoms with Crippen LogP contribution in [-0.2, 0) is 0 Å². The molecule has 0 fully saturated rings. The van der Waals surface area contributed by atoms with Gasteiger partial charge >= 0.3 is 0 Å². The molecule has 0 radical (unpaired) electrons. The number of nitriles is 1. The third kappa shape index (κ3) is 5.16. The third-order valence-corrected chi connectivity index (χ3v) is 10.4. The molecule has 1 aromatic heterocycles. The zero-order chi connectivity index (χ0) is 35.3. The Balaban J connectivity index is 1.09. The fourth-order valence-electron chi connectivity index (χ4n) is 7.96. The van der Waals surface area contributed by atoms with Crippen molar-refractivity contribution in [1.29, 1.82) is 5.26 Å². The maximum Gasteiger partial charge on any atom is 0.145 e. The largest absolute Gasteiger partial charge is 0.292 e. The summed E-state index contributed by atoms with van der Waals surface area (Å²) in [5.74, 6) is 0.913. The summed E-state index contributed by atoms with van der Waals surface area (Å²) in [6, 6.07) is 68.5. The van der Waals surface area contributed by atoms with Crippen LogP contribution in [0.15, 0.2) is 188 Å². The number of benzene rings is 9. The molecule has 3 nitrogen and oxygen atoms in total. The number of fused-ring (bicyclic) bond motifs is 5. The summed E-state index contributed by atoms with van der Waals surface area (Å²) < 4.78 is 2.23. The number of nitrogens with zero attached hydrogens (tertiary/aromatic N) is 3. The van der Waals surface area contributed by atoms with E-state index in [1.807, 2.05) is 24.3 Å². The van der Waals surface area contributed by atoms with Crippen molar-refractivity contribution in [1.82, 2.24) is 9.55 Å². The number of para-hydroxylation sites is 3. The van der Waals surface area contributed by atoms with Crippen LogP contribution in [0.4, 0.5) is 0 Å². The monoisotopic (exact) mass is 673 g/mol. The van der Waals surface area contributed by atoms with Crippen molar-refractivity contribution in [3.8, 4) is 56.5 Å². The summed E-state index contributed by atoms with van der Waals surface area (Å²) in [4.78, 5) is 5.07. The first-order chi connectivity index (χ1) is 26.2. The summed E-state index contributed by atoms with van der Waals surface area (Å²) in [6.07, 6.45) is 0. The van der Waals surface area contributed by atoms with Gasteiger partial charge in [-0.25, -0.2) is 4.98 Å². The van der Waals surface area contributed by atoms with Crippen LogP contribution in [-0.4, -0.2) is 9.55 Å². The first-order valence-corrected chi connectivity index (χ1v) is 17.9. The minimum atomic E-state index is 0.639. The van der Waals surface area contributed by atoms with E-state index in [1.54, 1.807) is 0 Å². The van der Waals surface area contributed by atoms with Gasteiger partial charge in [0.25, 0.3) is 0 Å². The van der Waals surface area contributed by atoms with Gasteiger partial charge in [0, 0.05) is 11.3 Å². The second kappa shape index (κ2) is 12.5. The molecular weight excluding hydrogens is 643 g/mol. The van der Waals surface area contributed by atoms with Crippen LogP contribution in [0.5, 0.6) is 0 Å². The van der Waals surface area contributed by atoms with Gasteiger partial charge in [0.15, 0.2) is 0 Å². The predicted octanol–water partition coefficient (Wildman–Crippen LogP) is 13.0. The minimum absolute atomic E-state index is 0.639. The highest BCUT2D eigenvalue weighted by molar-refractivity contribution is 6.14. The fraction of sp³-hybridized carbons (Fsp3) is 0. The van der Waals surface area contributed by atoms with Gasteiger partial charge in [0.2, 0.25) is 0 Å². The molecule has 0 bridgehead atoms. The Morgan fingerprint density at radius 2 is 0.962 bits per heavy atom. The molecule has 9 aromatic carbocycles. The van der Waals surface area contributed by atoms with Crippen LogP contribution in [0.25, 0.3) is 93.8 Å². The predicted molar refractivity (Wildman–Crippen MR) is 220 cm³/mol. The lowest BCUT2D eigenvalue weighted by atomic mass is 9.88. The molecular formula is C50H31N3.